The summed E-state index contributed by atoms with van der Waals surface area (Å²) in [6, 6.07) is 0. The Morgan fingerprint density at radius 1 is 0.619 bits per heavy atom. The van der Waals surface area contributed by atoms with Gasteiger partial charge < -0.3 is 14.2 Å². The standard InChI is InChI=1S/C12H9Cl3O6/c1-19-10(16)4-7(13)5(11(17)20-2)9(15)6(8(4)14)12(18)21-3/h1-3H3. The van der Waals surface area contributed by atoms with Crippen molar-refractivity contribution in [2.45, 2.75) is 0 Å². The average molecular weight is 356 g/mol. The molecule has 0 saturated heterocycles. The van der Waals surface area contributed by atoms with E-state index in [0.717, 1.165) is 21.3 Å². The quantitative estimate of drug-likeness (QED) is 0.612. The molecule has 0 fully saturated rings. The molecule has 0 aromatic heterocycles. The number of carbonyl (C=O) groups excluding carboxylic acids is 3. The molecule has 0 amide bonds. The van der Waals surface area contributed by atoms with E-state index in [0.29, 0.717) is 0 Å². The summed E-state index contributed by atoms with van der Waals surface area (Å²) in [4.78, 5) is 35.3. The molecule has 0 atom stereocenters. The predicted molar refractivity (Wildman–Crippen MR) is 75.5 cm³/mol. The molecule has 0 aliphatic carbocycles. The van der Waals surface area contributed by atoms with Crippen molar-refractivity contribution >= 4 is 52.7 Å². The summed E-state index contributed by atoms with van der Waals surface area (Å²) in [6.45, 7) is 0. The molecule has 0 saturated carbocycles. The highest BCUT2D eigenvalue weighted by Crippen LogP contribution is 2.39. The van der Waals surface area contributed by atoms with Gasteiger partial charge >= 0.3 is 17.9 Å². The Morgan fingerprint density at radius 2 is 0.810 bits per heavy atom. The summed E-state index contributed by atoms with van der Waals surface area (Å²) in [5, 5.41) is -1.14. The first-order chi connectivity index (χ1) is 9.81. The van der Waals surface area contributed by atoms with Crippen LogP contribution in [0, 0.1) is 0 Å². The van der Waals surface area contributed by atoms with Gasteiger partial charge in [0.15, 0.2) is 0 Å². The molecule has 0 N–H and O–H groups in total. The molecule has 21 heavy (non-hydrogen) atoms. The van der Waals surface area contributed by atoms with E-state index in [4.69, 9.17) is 34.8 Å². The van der Waals surface area contributed by atoms with E-state index in [1.54, 1.807) is 0 Å². The van der Waals surface area contributed by atoms with Gasteiger partial charge in [0, 0.05) is 0 Å². The van der Waals surface area contributed by atoms with Crippen molar-refractivity contribution in [1.29, 1.82) is 0 Å². The molecular weight excluding hydrogens is 346 g/mol. The summed E-state index contributed by atoms with van der Waals surface area (Å²) < 4.78 is 13.6. The monoisotopic (exact) mass is 354 g/mol. The van der Waals surface area contributed by atoms with Crippen LogP contribution in [-0.2, 0) is 14.2 Å². The van der Waals surface area contributed by atoms with Crippen molar-refractivity contribution in [3.63, 3.8) is 0 Å². The van der Waals surface area contributed by atoms with Crippen molar-refractivity contribution in [3.8, 4) is 0 Å². The smallest absolute Gasteiger partial charge is 0.340 e. The number of esters is 3. The summed E-state index contributed by atoms with van der Waals surface area (Å²) in [5.74, 6) is -2.84. The predicted octanol–water partition coefficient (Wildman–Crippen LogP) is 3.01. The third-order valence-electron chi connectivity index (χ3n) is 2.49. The lowest BCUT2D eigenvalue weighted by molar-refractivity contribution is 0.0599. The molecule has 0 aliphatic rings. The molecule has 1 rings (SSSR count). The van der Waals surface area contributed by atoms with Gasteiger partial charge in [0.05, 0.1) is 53.1 Å². The lowest BCUT2D eigenvalue weighted by atomic mass is 10.0. The summed E-state index contributed by atoms with van der Waals surface area (Å²) >= 11 is 17.9. The third kappa shape index (κ3) is 3.07. The zero-order valence-electron chi connectivity index (χ0n) is 11.1. The van der Waals surface area contributed by atoms with Crippen LogP contribution in [-0.4, -0.2) is 39.2 Å². The maximum atomic E-state index is 11.8. The fraction of sp³-hybridized carbons (Fsp3) is 0.250. The Labute approximate surface area is 134 Å². The molecule has 6 nitrogen and oxygen atoms in total. The molecule has 0 spiro atoms. The van der Waals surface area contributed by atoms with Crippen molar-refractivity contribution < 1.29 is 28.6 Å². The molecule has 1 aromatic carbocycles. The second-order valence-corrected chi connectivity index (χ2v) is 4.68. The van der Waals surface area contributed by atoms with Crippen LogP contribution in [0.15, 0.2) is 0 Å². The zero-order chi connectivity index (χ0) is 16.3. The van der Waals surface area contributed by atoms with E-state index in [1.165, 1.54) is 0 Å². The normalized spacial score (nSPS) is 10.0. The maximum absolute atomic E-state index is 11.8. The molecule has 114 valence electrons. The van der Waals surface area contributed by atoms with Gasteiger partial charge in [0.2, 0.25) is 0 Å². The van der Waals surface area contributed by atoms with Crippen molar-refractivity contribution in [1.82, 2.24) is 0 Å². The Balaban J connectivity index is 3.87. The summed E-state index contributed by atoms with van der Waals surface area (Å²) in [5.41, 5.74) is -1.15. The Morgan fingerprint density at radius 3 is 0.952 bits per heavy atom. The first-order valence-corrected chi connectivity index (χ1v) is 6.40. The number of hydrogen-bond donors (Lipinski definition) is 0. The molecule has 0 bridgehead atoms. The topological polar surface area (TPSA) is 78.9 Å². The number of benzene rings is 1. The molecule has 0 unspecified atom stereocenters. The van der Waals surface area contributed by atoms with Gasteiger partial charge in [-0.05, 0) is 0 Å². The summed E-state index contributed by atoms with van der Waals surface area (Å²) in [7, 11) is 3.25. The summed E-state index contributed by atoms with van der Waals surface area (Å²) in [6.07, 6.45) is 0. The molecule has 0 aliphatic heterocycles. The minimum Gasteiger partial charge on any atom is -0.465 e. The van der Waals surface area contributed by atoms with Crippen LogP contribution in [0.2, 0.25) is 15.1 Å². The largest absolute Gasteiger partial charge is 0.465 e. The van der Waals surface area contributed by atoms with Crippen LogP contribution in [0.3, 0.4) is 0 Å². The Kier molecular flexibility index (Phi) is 5.83. The second-order valence-electron chi connectivity index (χ2n) is 3.54. The van der Waals surface area contributed by atoms with Gasteiger partial charge in [0.25, 0.3) is 0 Å². The van der Waals surface area contributed by atoms with Crippen LogP contribution < -0.4 is 0 Å². The fourth-order valence-corrected chi connectivity index (χ4v) is 2.68. The number of halogens is 3. The van der Waals surface area contributed by atoms with E-state index in [9.17, 15) is 14.4 Å². The van der Waals surface area contributed by atoms with Crippen molar-refractivity contribution in [3.05, 3.63) is 31.8 Å². The lowest BCUT2D eigenvalue weighted by Crippen LogP contribution is -2.15. The van der Waals surface area contributed by atoms with Gasteiger partial charge in [-0.25, -0.2) is 14.4 Å². The van der Waals surface area contributed by atoms with E-state index in [2.05, 4.69) is 14.2 Å². The third-order valence-corrected chi connectivity index (χ3v) is 3.62. The second kappa shape index (κ2) is 6.98. The fourth-order valence-electron chi connectivity index (χ4n) is 1.51. The number of methoxy groups -OCH3 is 3. The first kappa shape index (κ1) is 17.6. The van der Waals surface area contributed by atoms with Crippen LogP contribution in [0.5, 0.6) is 0 Å². The minimum atomic E-state index is -0.947. The van der Waals surface area contributed by atoms with Gasteiger partial charge in [-0.3, -0.25) is 0 Å². The van der Waals surface area contributed by atoms with Gasteiger partial charge in [-0.15, -0.1) is 0 Å². The van der Waals surface area contributed by atoms with Crippen molar-refractivity contribution in [2.24, 2.45) is 0 Å². The molecule has 0 radical (unpaired) electrons. The Bertz CT molecular complexity index is 519. The number of carbonyl (C=O) groups is 3. The number of ether oxygens (including phenoxy) is 3. The van der Waals surface area contributed by atoms with Gasteiger partial charge in [-0.2, -0.15) is 0 Å². The highest BCUT2D eigenvalue weighted by atomic mass is 35.5. The van der Waals surface area contributed by atoms with Crippen LogP contribution in [0.25, 0.3) is 0 Å². The zero-order valence-corrected chi connectivity index (χ0v) is 13.4. The molecular formula is C12H9Cl3O6. The SMILES string of the molecule is COC(=O)c1c(Cl)c(C(=O)OC)c(Cl)c(C(=O)OC)c1Cl. The average Bonchev–Trinajstić information content (AvgIpc) is 2.46. The number of rotatable bonds is 3. The molecule has 9 heteroatoms. The highest BCUT2D eigenvalue weighted by molar-refractivity contribution is 6.47. The van der Waals surface area contributed by atoms with E-state index < -0.39 is 17.9 Å². The van der Waals surface area contributed by atoms with Gasteiger partial charge in [0.1, 0.15) is 0 Å². The maximum Gasteiger partial charge on any atom is 0.340 e. The van der Waals surface area contributed by atoms with Crippen LogP contribution in [0.1, 0.15) is 31.1 Å². The highest BCUT2D eigenvalue weighted by Gasteiger charge is 2.32. The first-order valence-electron chi connectivity index (χ1n) is 5.27. The number of hydrogen-bond acceptors (Lipinski definition) is 6. The molecule has 0 heterocycles. The molecule has 1 aromatic rings. The van der Waals surface area contributed by atoms with Crippen molar-refractivity contribution in [2.75, 3.05) is 21.3 Å². The van der Waals surface area contributed by atoms with Crippen LogP contribution in [0.4, 0.5) is 0 Å². The van der Waals surface area contributed by atoms with E-state index >= 15 is 0 Å². The lowest BCUT2D eigenvalue weighted by Gasteiger charge is -2.14. The van der Waals surface area contributed by atoms with E-state index in [1.807, 2.05) is 0 Å². The minimum absolute atomic E-state index is 0.378. The van der Waals surface area contributed by atoms with Crippen LogP contribution >= 0.6 is 34.8 Å². The van der Waals surface area contributed by atoms with E-state index in [-0.39, 0.29) is 31.8 Å². The van der Waals surface area contributed by atoms with Gasteiger partial charge in [-0.1, -0.05) is 34.8 Å². The Hall–Kier alpha value is -1.50.